The molecule has 164 valence electrons. The van der Waals surface area contributed by atoms with E-state index in [4.69, 9.17) is 4.74 Å². The van der Waals surface area contributed by atoms with Crippen LogP contribution in [0.2, 0.25) is 0 Å². The number of aliphatic imine (C=N–C) groups is 1. The van der Waals surface area contributed by atoms with Crippen LogP contribution >= 0.6 is 0 Å². The molecule has 9 heteroatoms. The number of guanidine groups is 1. The molecule has 1 aliphatic rings. The van der Waals surface area contributed by atoms with Crippen LogP contribution in [0.1, 0.15) is 19.4 Å². The van der Waals surface area contributed by atoms with Crippen LogP contribution in [0.4, 0.5) is 8.78 Å². The molecule has 0 bridgehead atoms. The third-order valence-electron chi connectivity index (χ3n) is 5.20. The molecule has 1 heterocycles. The van der Waals surface area contributed by atoms with Gasteiger partial charge in [-0.2, -0.15) is 8.78 Å². The molecule has 1 unspecified atom stereocenters. The Hall–Kier alpha value is -2.13. The van der Waals surface area contributed by atoms with Crippen LogP contribution in [0.3, 0.4) is 0 Å². The lowest BCUT2D eigenvalue weighted by atomic mass is 10.2. The van der Waals surface area contributed by atoms with E-state index in [1.807, 2.05) is 0 Å². The fourth-order valence-corrected chi connectivity index (χ4v) is 3.33. The number of benzene rings is 1. The minimum Gasteiger partial charge on any atom is -0.497 e. The maximum atomic E-state index is 12.7. The first-order valence-electron chi connectivity index (χ1n) is 9.99. The summed E-state index contributed by atoms with van der Waals surface area (Å²) >= 11 is 0. The summed E-state index contributed by atoms with van der Waals surface area (Å²) in [5.41, 5.74) is 0.566. The van der Waals surface area contributed by atoms with Crippen LogP contribution in [0, 0.1) is 0 Å². The van der Waals surface area contributed by atoms with Gasteiger partial charge in [0.25, 0.3) is 0 Å². The fraction of sp³-hybridized carbons (Fsp3) is 0.650. The molecule has 2 N–H and O–H groups in total. The number of hydrogen-bond donors (Lipinski definition) is 2. The van der Waals surface area contributed by atoms with Crippen molar-refractivity contribution in [1.29, 1.82) is 0 Å². The van der Waals surface area contributed by atoms with Gasteiger partial charge < -0.3 is 25.0 Å². The Morgan fingerprint density at radius 1 is 1.21 bits per heavy atom. The summed E-state index contributed by atoms with van der Waals surface area (Å²) in [6.45, 7) is 7.92. The molecule has 0 aromatic heterocycles. The summed E-state index contributed by atoms with van der Waals surface area (Å²) in [7, 11) is 3.21. The molecule has 1 saturated heterocycles. The van der Waals surface area contributed by atoms with Crippen molar-refractivity contribution < 1.29 is 18.3 Å². The summed E-state index contributed by atoms with van der Waals surface area (Å²) in [5.74, 6) is 1.30. The largest absolute Gasteiger partial charge is 0.497 e. The lowest BCUT2D eigenvalue weighted by Crippen LogP contribution is -2.53. The molecule has 29 heavy (non-hydrogen) atoms. The summed E-state index contributed by atoms with van der Waals surface area (Å²) in [6.07, 6.45) is 0. The van der Waals surface area contributed by atoms with Gasteiger partial charge in [0.15, 0.2) is 5.96 Å². The van der Waals surface area contributed by atoms with Crippen molar-refractivity contribution in [3.63, 3.8) is 0 Å². The zero-order chi connectivity index (χ0) is 21.2. The lowest BCUT2D eigenvalue weighted by Gasteiger charge is -2.37. The molecule has 0 saturated carbocycles. The van der Waals surface area contributed by atoms with Gasteiger partial charge >= 0.3 is 6.61 Å². The van der Waals surface area contributed by atoms with Gasteiger partial charge in [-0.15, -0.1) is 0 Å². The van der Waals surface area contributed by atoms with Crippen molar-refractivity contribution in [2.45, 2.75) is 33.0 Å². The molecule has 0 aliphatic carbocycles. The number of nitrogens with zero attached hydrogens (tertiary/aromatic N) is 3. The van der Waals surface area contributed by atoms with Gasteiger partial charge in [-0.25, -0.2) is 0 Å². The number of piperazine rings is 1. The standard InChI is InChI=1S/C20H33F2N5O2/c1-5-26-8-10-27(11-9-26)15(2)13-24-20(23-3)25-14-16-12-17(28-4)6-7-18(16)29-19(21)22/h6-7,12,15,19H,5,8-11,13-14H2,1-4H3,(H2,23,24,25). The van der Waals surface area contributed by atoms with E-state index in [-0.39, 0.29) is 12.3 Å². The van der Waals surface area contributed by atoms with E-state index in [2.05, 4.69) is 44.0 Å². The quantitative estimate of drug-likeness (QED) is 0.477. The Kier molecular flexibility index (Phi) is 9.40. The smallest absolute Gasteiger partial charge is 0.387 e. The van der Waals surface area contributed by atoms with E-state index in [0.717, 1.165) is 39.3 Å². The van der Waals surface area contributed by atoms with Crippen LogP contribution in [0.5, 0.6) is 11.5 Å². The second kappa shape index (κ2) is 11.8. The molecular weight excluding hydrogens is 380 g/mol. The Labute approximate surface area is 172 Å². The molecular formula is C20H33F2N5O2. The number of likely N-dealkylation sites (N-methyl/N-ethyl adjacent to an activating group) is 1. The van der Waals surface area contributed by atoms with Crippen LogP contribution < -0.4 is 20.1 Å². The molecule has 1 fully saturated rings. The minimum absolute atomic E-state index is 0.117. The van der Waals surface area contributed by atoms with E-state index in [1.54, 1.807) is 19.2 Å². The highest BCUT2D eigenvalue weighted by Gasteiger charge is 2.20. The number of hydrogen-bond acceptors (Lipinski definition) is 5. The number of nitrogens with one attached hydrogen (secondary N) is 2. The number of ether oxygens (including phenoxy) is 2. The Morgan fingerprint density at radius 3 is 2.52 bits per heavy atom. The highest BCUT2D eigenvalue weighted by molar-refractivity contribution is 5.79. The molecule has 1 aliphatic heterocycles. The average Bonchev–Trinajstić information content (AvgIpc) is 2.74. The second-order valence-corrected chi connectivity index (χ2v) is 6.98. The van der Waals surface area contributed by atoms with E-state index >= 15 is 0 Å². The first kappa shape index (κ1) is 23.2. The number of methoxy groups -OCH3 is 1. The van der Waals surface area contributed by atoms with Gasteiger partial charge in [0.05, 0.1) is 7.11 Å². The van der Waals surface area contributed by atoms with Gasteiger partial charge in [-0.05, 0) is 31.7 Å². The topological polar surface area (TPSA) is 61.4 Å². The van der Waals surface area contributed by atoms with Crippen molar-refractivity contribution in [2.24, 2.45) is 4.99 Å². The average molecular weight is 414 g/mol. The van der Waals surface area contributed by atoms with E-state index in [9.17, 15) is 8.78 Å². The number of halogens is 2. The monoisotopic (exact) mass is 413 g/mol. The predicted octanol–water partition coefficient (Wildman–Crippen LogP) is 1.99. The predicted molar refractivity (Wildman–Crippen MR) is 111 cm³/mol. The maximum Gasteiger partial charge on any atom is 0.387 e. The molecule has 1 aromatic carbocycles. The van der Waals surface area contributed by atoms with Crippen molar-refractivity contribution in [1.82, 2.24) is 20.4 Å². The van der Waals surface area contributed by atoms with Gasteiger partial charge in [0.2, 0.25) is 0 Å². The molecule has 2 rings (SSSR count). The molecule has 0 radical (unpaired) electrons. The number of rotatable bonds is 9. The summed E-state index contributed by atoms with van der Waals surface area (Å²) in [5, 5.41) is 6.47. The van der Waals surface area contributed by atoms with Crippen LogP contribution in [-0.2, 0) is 6.54 Å². The number of alkyl halides is 2. The zero-order valence-corrected chi connectivity index (χ0v) is 17.8. The molecule has 1 atom stereocenters. The third kappa shape index (κ3) is 7.32. The fourth-order valence-electron chi connectivity index (χ4n) is 3.33. The SMILES string of the molecule is CCN1CCN(C(C)CNC(=NC)NCc2cc(OC)ccc2OC(F)F)CC1. The van der Waals surface area contributed by atoms with Crippen molar-refractivity contribution in [2.75, 3.05) is 53.4 Å². The summed E-state index contributed by atoms with van der Waals surface area (Å²) in [4.78, 5) is 9.14. The zero-order valence-electron chi connectivity index (χ0n) is 17.8. The molecule has 7 nitrogen and oxygen atoms in total. The van der Waals surface area contributed by atoms with Gasteiger partial charge in [-0.3, -0.25) is 9.89 Å². The molecule has 0 amide bonds. The van der Waals surface area contributed by atoms with Crippen molar-refractivity contribution >= 4 is 5.96 Å². The van der Waals surface area contributed by atoms with Gasteiger partial charge in [-0.1, -0.05) is 6.92 Å². The normalized spacial score (nSPS) is 17.3. The Morgan fingerprint density at radius 2 is 1.93 bits per heavy atom. The Bertz CT molecular complexity index is 652. The summed E-state index contributed by atoms with van der Waals surface area (Å²) in [6, 6.07) is 5.11. The van der Waals surface area contributed by atoms with E-state index in [0.29, 0.717) is 23.3 Å². The second-order valence-electron chi connectivity index (χ2n) is 6.98. The first-order chi connectivity index (χ1) is 14.0. The van der Waals surface area contributed by atoms with Crippen LogP contribution in [0.25, 0.3) is 0 Å². The third-order valence-corrected chi connectivity index (χ3v) is 5.20. The highest BCUT2D eigenvalue weighted by Crippen LogP contribution is 2.25. The van der Waals surface area contributed by atoms with Crippen molar-refractivity contribution in [3.05, 3.63) is 23.8 Å². The van der Waals surface area contributed by atoms with Gasteiger partial charge in [0.1, 0.15) is 11.5 Å². The van der Waals surface area contributed by atoms with E-state index < -0.39 is 6.61 Å². The Balaban J connectivity index is 1.87. The maximum absolute atomic E-state index is 12.7. The first-order valence-corrected chi connectivity index (χ1v) is 9.99. The van der Waals surface area contributed by atoms with Crippen LogP contribution in [-0.4, -0.2) is 81.8 Å². The summed E-state index contributed by atoms with van der Waals surface area (Å²) < 4.78 is 35.1. The van der Waals surface area contributed by atoms with Crippen LogP contribution in [0.15, 0.2) is 23.2 Å². The van der Waals surface area contributed by atoms with E-state index in [1.165, 1.54) is 13.2 Å². The van der Waals surface area contributed by atoms with Crippen molar-refractivity contribution in [3.8, 4) is 11.5 Å². The molecule has 1 aromatic rings. The molecule has 0 spiro atoms. The van der Waals surface area contributed by atoms with Gasteiger partial charge in [0, 0.05) is 57.9 Å². The highest BCUT2D eigenvalue weighted by atomic mass is 19.3. The minimum atomic E-state index is -2.88. The lowest BCUT2D eigenvalue weighted by molar-refractivity contribution is -0.0504.